The van der Waals surface area contributed by atoms with E-state index >= 15 is 0 Å². The van der Waals surface area contributed by atoms with Gasteiger partial charge in [0.1, 0.15) is 5.82 Å². The Labute approximate surface area is 159 Å². The normalized spacial score (nSPS) is 14.1. The van der Waals surface area contributed by atoms with E-state index in [0.717, 1.165) is 49.2 Å². The number of amides is 1. The maximum absolute atomic E-state index is 12.3. The zero-order chi connectivity index (χ0) is 19.2. The third-order valence-corrected chi connectivity index (χ3v) is 4.99. The molecule has 2 aromatic rings. The first-order chi connectivity index (χ1) is 13.1. The van der Waals surface area contributed by atoms with Crippen molar-refractivity contribution in [1.29, 1.82) is 0 Å². The third kappa shape index (κ3) is 4.76. The highest BCUT2D eigenvalue weighted by molar-refractivity contribution is 5.95. The van der Waals surface area contributed by atoms with Crippen LogP contribution in [0.15, 0.2) is 35.1 Å². The van der Waals surface area contributed by atoms with Crippen LogP contribution in [-0.4, -0.2) is 26.8 Å². The number of nitrogens with one attached hydrogen (secondary N) is 1. The lowest BCUT2D eigenvalue weighted by molar-refractivity contribution is -0.116. The number of benzene rings is 1. The Kier molecular flexibility index (Phi) is 6.27. The minimum absolute atomic E-state index is 0.0245. The molecule has 0 saturated heterocycles. The molecule has 2 heterocycles. The van der Waals surface area contributed by atoms with E-state index in [-0.39, 0.29) is 11.6 Å². The van der Waals surface area contributed by atoms with E-state index in [4.69, 9.17) is 0 Å². The topological polar surface area (TPSA) is 68.9 Å². The SMILES string of the molecule is CC/C(=C/C(=O)NCCCn1nc2n(c1=O)CCCC2)c1ccc(C)cc1. The Hall–Kier alpha value is -2.63. The first kappa shape index (κ1) is 19.1. The molecule has 1 aromatic carbocycles. The minimum Gasteiger partial charge on any atom is -0.352 e. The smallest absolute Gasteiger partial charge is 0.345 e. The molecule has 0 aliphatic carbocycles. The number of fused-ring (bicyclic) bond motifs is 1. The van der Waals surface area contributed by atoms with Gasteiger partial charge in [0.05, 0.1) is 0 Å². The number of nitrogens with zero attached hydrogens (tertiary/aromatic N) is 3. The highest BCUT2D eigenvalue weighted by Gasteiger charge is 2.16. The average molecular weight is 368 g/mol. The second-order valence-electron chi connectivity index (χ2n) is 7.06. The summed E-state index contributed by atoms with van der Waals surface area (Å²) in [6, 6.07) is 8.20. The lowest BCUT2D eigenvalue weighted by atomic mass is 10.0. The predicted octanol–water partition coefficient (Wildman–Crippen LogP) is 2.69. The van der Waals surface area contributed by atoms with Crippen LogP contribution in [0.3, 0.4) is 0 Å². The summed E-state index contributed by atoms with van der Waals surface area (Å²) in [5.41, 5.74) is 3.28. The van der Waals surface area contributed by atoms with Gasteiger partial charge in [-0.3, -0.25) is 9.36 Å². The zero-order valence-electron chi connectivity index (χ0n) is 16.2. The van der Waals surface area contributed by atoms with Crippen LogP contribution < -0.4 is 11.0 Å². The number of aryl methyl sites for hydroxylation is 3. The lowest BCUT2D eigenvalue weighted by Gasteiger charge is -2.09. The van der Waals surface area contributed by atoms with Crippen LogP contribution in [0.2, 0.25) is 0 Å². The second-order valence-corrected chi connectivity index (χ2v) is 7.06. The average Bonchev–Trinajstić information content (AvgIpc) is 3.00. The van der Waals surface area contributed by atoms with E-state index in [2.05, 4.69) is 22.5 Å². The molecule has 1 aliphatic rings. The van der Waals surface area contributed by atoms with Crippen LogP contribution in [0.25, 0.3) is 5.57 Å². The number of hydrogen-bond donors (Lipinski definition) is 1. The summed E-state index contributed by atoms with van der Waals surface area (Å²) in [5, 5.41) is 7.33. The monoisotopic (exact) mass is 368 g/mol. The third-order valence-electron chi connectivity index (χ3n) is 4.99. The number of hydrogen-bond acceptors (Lipinski definition) is 3. The zero-order valence-corrected chi connectivity index (χ0v) is 16.2. The fourth-order valence-electron chi connectivity index (χ4n) is 3.40. The van der Waals surface area contributed by atoms with Gasteiger partial charge in [0.2, 0.25) is 5.91 Å². The van der Waals surface area contributed by atoms with Crippen molar-refractivity contribution in [2.24, 2.45) is 0 Å². The molecule has 1 amide bonds. The molecule has 1 aromatic heterocycles. The summed E-state index contributed by atoms with van der Waals surface area (Å²) in [5.74, 6) is 0.799. The second kappa shape index (κ2) is 8.84. The summed E-state index contributed by atoms with van der Waals surface area (Å²) < 4.78 is 3.31. The molecule has 0 atom stereocenters. The van der Waals surface area contributed by atoms with Crippen LogP contribution >= 0.6 is 0 Å². The largest absolute Gasteiger partial charge is 0.352 e. The van der Waals surface area contributed by atoms with Gasteiger partial charge in [-0.05, 0) is 43.7 Å². The molecular formula is C21H28N4O2. The summed E-state index contributed by atoms with van der Waals surface area (Å²) >= 11 is 0. The maximum atomic E-state index is 12.3. The molecule has 0 bridgehead atoms. The van der Waals surface area contributed by atoms with E-state index in [1.807, 2.05) is 26.0 Å². The van der Waals surface area contributed by atoms with Crippen molar-refractivity contribution in [2.45, 2.75) is 59.0 Å². The Morgan fingerprint density at radius 3 is 2.74 bits per heavy atom. The van der Waals surface area contributed by atoms with Crippen molar-refractivity contribution >= 4 is 11.5 Å². The van der Waals surface area contributed by atoms with Crippen molar-refractivity contribution in [3.05, 3.63) is 57.8 Å². The number of aromatic nitrogens is 3. The molecule has 0 fully saturated rings. The van der Waals surface area contributed by atoms with Crippen molar-refractivity contribution < 1.29 is 4.79 Å². The van der Waals surface area contributed by atoms with Gasteiger partial charge in [-0.2, -0.15) is 5.10 Å². The number of carbonyl (C=O) groups is 1. The fraction of sp³-hybridized carbons (Fsp3) is 0.476. The van der Waals surface area contributed by atoms with E-state index in [0.29, 0.717) is 19.5 Å². The van der Waals surface area contributed by atoms with Gasteiger partial charge in [0, 0.05) is 32.1 Å². The van der Waals surface area contributed by atoms with E-state index < -0.39 is 0 Å². The molecule has 0 saturated carbocycles. The van der Waals surface area contributed by atoms with Gasteiger partial charge in [-0.1, -0.05) is 36.8 Å². The van der Waals surface area contributed by atoms with Gasteiger partial charge in [0.25, 0.3) is 0 Å². The summed E-state index contributed by atoms with van der Waals surface area (Å²) in [6.45, 7) is 5.92. The fourth-order valence-corrected chi connectivity index (χ4v) is 3.40. The van der Waals surface area contributed by atoms with Crippen molar-refractivity contribution in [3.63, 3.8) is 0 Å². The molecule has 6 nitrogen and oxygen atoms in total. The molecule has 6 heteroatoms. The molecule has 27 heavy (non-hydrogen) atoms. The first-order valence-electron chi connectivity index (χ1n) is 9.80. The van der Waals surface area contributed by atoms with Crippen LogP contribution in [-0.2, 0) is 24.3 Å². The van der Waals surface area contributed by atoms with Gasteiger partial charge < -0.3 is 5.32 Å². The summed E-state index contributed by atoms with van der Waals surface area (Å²) in [7, 11) is 0. The molecule has 1 N–H and O–H groups in total. The van der Waals surface area contributed by atoms with E-state index in [9.17, 15) is 9.59 Å². The van der Waals surface area contributed by atoms with Gasteiger partial charge in [-0.25, -0.2) is 9.48 Å². The minimum atomic E-state index is -0.0936. The van der Waals surface area contributed by atoms with E-state index in [1.165, 1.54) is 10.2 Å². The van der Waals surface area contributed by atoms with Crippen LogP contribution in [0.4, 0.5) is 0 Å². The molecule has 3 rings (SSSR count). The number of rotatable bonds is 7. The van der Waals surface area contributed by atoms with E-state index in [1.54, 1.807) is 10.6 Å². The Balaban J connectivity index is 1.51. The Bertz CT molecular complexity index is 875. The quantitative estimate of drug-likeness (QED) is 0.603. The molecule has 0 radical (unpaired) electrons. The number of allylic oxidation sites excluding steroid dienone is 1. The maximum Gasteiger partial charge on any atom is 0.345 e. The number of carbonyl (C=O) groups excluding carboxylic acids is 1. The molecule has 1 aliphatic heterocycles. The first-order valence-corrected chi connectivity index (χ1v) is 9.80. The molecule has 0 unspecified atom stereocenters. The standard InChI is InChI=1S/C21H28N4O2/c1-3-17(18-10-8-16(2)9-11-18)15-20(26)22-12-6-14-25-21(27)24-13-5-4-7-19(24)23-25/h8-11,15H,3-7,12-14H2,1-2H3,(H,22,26)/b17-15-. The summed E-state index contributed by atoms with van der Waals surface area (Å²) in [4.78, 5) is 24.5. The highest BCUT2D eigenvalue weighted by Crippen LogP contribution is 2.18. The van der Waals surface area contributed by atoms with Gasteiger partial charge in [0.15, 0.2) is 0 Å². The summed E-state index contributed by atoms with van der Waals surface area (Å²) in [6.07, 6.45) is 6.17. The molecular weight excluding hydrogens is 340 g/mol. The van der Waals surface area contributed by atoms with Gasteiger partial charge in [-0.15, -0.1) is 0 Å². The molecule has 0 spiro atoms. The van der Waals surface area contributed by atoms with Gasteiger partial charge >= 0.3 is 5.69 Å². The lowest BCUT2D eigenvalue weighted by Crippen LogP contribution is -2.29. The van der Waals surface area contributed by atoms with Crippen LogP contribution in [0, 0.1) is 6.92 Å². The van der Waals surface area contributed by atoms with Crippen molar-refractivity contribution in [3.8, 4) is 0 Å². The Morgan fingerprint density at radius 1 is 1.26 bits per heavy atom. The van der Waals surface area contributed by atoms with Crippen LogP contribution in [0.1, 0.15) is 49.6 Å². The van der Waals surface area contributed by atoms with Crippen molar-refractivity contribution in [1.82, 2.24) is 19.7 Å². The highest BCUT2D eigenvalue weighted by atomic mass is 16.2. The van der Waals surface area contributed by atoms with Crippen LogP contribution in [0.5, 0.6) is 0 Å². The molecule has 144 valence electrons. The predicted molar refractivity (Wildman–Crippen MR) is 106 cm³/mol. The van der Waals surface area contributed by atoms with Crippen molar-refractivity contribution in [2.75, 3.05) is 6.54 Å². The Morgan fingerprint density at radius 2 is 2.04 bits per heavy atom.